The van der Waals surface area contributed by atoms with Crippen molar-refractivity contribution in [1.29, 1.82) is 0 Å². The minimum Gasteiger partial charge on any atom is -0.662 e. The minimum absolute atomic E-state index is 0. The van der Waals surface area contributed by atoms with Gasteiger partial charge < -0.3 is 5.32 Å². The molecule has 0 aromatic heterocycles. The molecule has 1 fully saturated rings. The van der Waals surface area contributed by atoms with Gasteiger partial charge in [0.2, 0.25) is 0 Å². The van der Waals surface area contributed by atoms with Crippen LogP contribution in [0.15, 0.2) is 42.5 Å². The second-order valence-electron chi connectivity index (χ2n) is 8.50. The number of carbonyl (C=O) groups excluding carboxylic acids is 1. The Hall–Kier alpha value is -0.598. The predicted octanol–water partition coefficient (Wildman–Crippen LogP) is 5.52. The van der Waals surface area contributed by atoms with E-state index in [0.29, 0.717) is 12.3 Å². The molecule has 0 aliphatic carbocycles. The average Bonchev–Trinajstić information content (AvgIpc) is 2.95. The van der Waals surface area contributed by atoms with E-state index in [1.807, 2.05) is 18.2 Å². The quantitative estimate of drug-likeness (QED) is 0.399. The number of halogens is 1. The predicted molar refractivity (Wildman–Crippen MR) is 115 cm³/mol. The summed E-state index contributed by atoms with van der Waals surface area (Å²) >= 11 is 0. The van der Waals surface area contributed by atoms with Crippen molar-refractivity contribution in [2.75, 3.05) is 19.6 Å². The molecule has 0 bridgehead atoms. The monoisotopic (exact) mass is 620 g/mol. The fourth-order valence-corrected chi connectivity index (χ4v) is 4.56. The van der Waals surface area contributed by atoms with Gasteiger partial charge >= 0.3 is 0 Å². The molecule has 0 unspecified atom stereocenters. The Kier molecular flexibility index (Phi) is 9.51. The van der Waals surface area contributed by atoms with Crippen molar-refractivity contribution in [3.05, 3.63) is 75.9 Å². The molecule has 1 radical (unpaired) electrons. The molecule has 2 aromatic rings. The molecule has 1 saturated heterocycles. The molecule has 0 spiro atoms. The molecule has 2 heterocycles. The first-order chi connectivity index (χ1) is 14.2. The molecular formula is C25H30AcFN2O-. The number of aryl methyl sites for hydroxylation is 1. The summed E-state index contributed by atoms with van der Waals surface area (Å²) in [6.07, 6.45) is 6.06. The summed E-state index contributed by atoms with van der Waals surface area (Å²) < 4.78 is 13.2. The van der Waals surface area contributed by atoms with Gasteiger partial charge in [-0.3, -0.25) is 9.69 Å². The van der Waals surface area contributed by atoms with E-state index in [-0.39, 0.29) is 55.7 Å². The number of piperidine rings is 1. The van der Waals surface area contributed by atoms with Crippen LogP contribution in [0.25, 0.3) is 5.32 Å². The first kappa shape index (κ1) is 24.1. The maximum absolute atomic E-state index is 13.2. The van der Waals surface area contributed by atoms with E-state index >= 15 is 0 Å². The summed E-state index contributed by atoms with van der Waals surface area (Å²) in [5.41, 5.74) is 4.61. The van der Waals surface area contributed by atoms with Crippen LogP contribution < -0.4 is 0 Å². The van der Waals surface area contributed by atoms with Gasteiger partial charge in [0.05, 0.1) is 0 Å². The van der Waals surface area contributed by atoms with Gasteiger partial charge in [-0.15, -0.1) is 13.1 Å². The van der Waals surface area contributed by atoms with Gasteiger partial charge in [0, 0.05) is 69.1 Å². The van der Waals surface area contributed by atoms with Gasteiger partial charge in [0.1, 0.15) is 5.82 Å². The van der Waals surface area contributed by atoms with Crippen LogP contribution in [0.4, 0.5) is 4.39 Å². The Labute approximate surface area is 215 Å². The number of Topliss-reactive ketones (excluding diaryl/α,β-unsaturated/α-hetero) is 1. The second kappa shape index (κ2) is 11.9. The molecule has 2 aromatic carbocycles. The summed E-state index contributed by atoms with van der Waals surface area (Å²) in [5.74, 6) is 0.730. The van der Waals surface area contributed by atoms with Crippen LogP contribution >= 0.6 is 0 Å². The van der Waals surface area contributed by atoms with Crippen molar-refractivity contribution in [3.63, 3.8) is 0 Å². The molecule has 0 amide bonds. The first-order valence-corrected chi connectivity index (χ1v) is 10.9. The third-order valence-corrected chi connectivity index (χ3v) is 6.33. The molecule has 157 valence electrons. The number of carbonyl (C=O) groups is 1. The topological polar surface area (TPSA) is 34.4 Å². The van der Waals surface area contributed by atoms with Crippen molar-refractivity contribution in [2.24, 2.45) is 5.92 Å². The van der Waals surface area contributed by atoms with Crippen molar-refractivity contribution in [2.45, 2.75) is 51.6 Å². The van der Waals surface area contributed by atoms with E-state index in [0.717, 1.165) is 76.0 Å². The number of nitrogens with zero attached hydrogens (tertiary/aromatic N) is 2. The zero-order valence-corrected chi connectivity index (χ0v) is 22.4. The van der Waals surface area contributed by atoms with Gasteiger partial charge in [-0.25, -0.2) is 4.39 Å². The SMILES string of the molecule is O=C(CCC1CC[N-]CC1)c1ccc2c(c1)CN(Cc1ccc(F)cc1)CCC2.[Ac]. The van der Waals surface area contributed by atoms with Gasteiger partial charge in [-0.05, 0) is 66.6 Å². The third-order valence-electron chi connectivity index (χ3n) is 6.33. The number of benzene rings is 2. The number of rotatable bonds is 6. The van der Waals surface area contributed by atoms with Crippen LogP contribution in [0.1, 0.15) is 59.2 Å². The Morgan fingerprint density at radius 1 is 1.07 bits per heavy atom. The zero-order valence-electron chi connectivity index (χ0n) is 17.7. The summed E-state index contributed by atoms with van der Waals surface area (Å²) in [6.45, 7) is 4.59. The molecule has 2 aliphatic heterocycles. The summed E-state index contributed by atoms with van der Waals surface area (Å²) in [4.78, 5) is 15.2. The number of hydrogen-bond donors (Lipinski definition) is 0. The zero-order chi connectivity index (χ0) is 20.1. The van der Waals surface area contributed by atoms with Crippen LogP contribution in [0.3, 0.4) is 0 Å². The summed E-state index contributed by atoms with van der Waals surface area (Å²) in [6, 6.07) is 13.1. The van der Waals surface area contributed by atoms with Crippen LogP contribution in [0.5, 0.6) is 0 Å². The fraction of sp³-hybridized carbons (Fsp3) is 0.480. The molecular weight excluding hydrogens is 590 g/mol. The van der Waals surface area contributed by atoms with Crippen LogP contribution in [0, 0.1) is 55.8 Å². The molecule has 5 heteroatoms. The molecule has 4 rings (SSSR count). The van der Waals surface area contributed by atoms with E-state index < -0.39 is 0 Å². The first-order valence-electron chi connectivity index (χ1n) is 10.9. The van der Waals surface area contributed by atoms with Crippen LogP contribution in [0.2, 0.25) is 0 Å². The maximum atomic E-state index is 13.2. The van der Waals surface area contributed by atoms with Crippen molar-refractivity contribution in [1.82, 2.24) is 4.90 Å². The standard InChI is InChI=1S/C25H30FN2O.Ac/c26-24-8-3-20(4-9-24)17-28-15-1-2-21-6-7-22(16-23(21)18-28)25(29)10-5-19-11-13-27-14-12-19;/h3-4,6-9,16,19H,1-2,5,10-15,17-18H2;/q-1;. The molecule has 3 nitrogen and oxygen atoms in total. The van der Waals surface area contributed by atoms with Crippen molar-refractivity contribution in [3.8, 4) is 0 Å². The Morgan fingerprint density at radius 2 is 1.83 bits per heavy atom. The third kappa shape index (κ3) is 6.70. The van der Waals surface area contributed by atoms with E-state index in [1.165, 1.54) is 23.3 Å². The second-order valence-corrected chi connectivity index (χ2v) is 8.50. The number of hydrogen-bond acceptors (Lipinski definition) is 2. The largest absolute Gasteiger partial charge is 0.662 e. The molecule has 2 aliphatic rings. The Bertz CT molecular complexity index is 834. The van der Waals surface area contributed by atoms with E-state index in [4.69, 9.17) is 0 Å². The Balaban J connectivity index is 0.00000256. The van der Waals surface area contributed by atoms with E-state index in [2.05, 4.69) is 22.3 Å². The van der Waals surface area contributed by atoms with Gasteiger partial charge in [-0.2, -0.15) is 0 Å². The van der Waals surface area contributed by atoms with E-state index in [1.54, 1.807) is 0 Å². The molecule has 0 atom stereocenters. The number of fused-ring (bicyclic) bond motifs is 1. The summed E-state index contributed by atoms with van der Waals surface area (Å²) in [5, 5.41) is 4.40. The smallest absolute Gasteiger partial charge is 0.162 e. The molecule has 0 N–H and O–H groups in total. The van der Waals surface area contributed by atoms with E-state index in [9.17, 15) is 9.18 Å². The van der Waals surface area contributed by atoms with Gasteiger partial charge in [-0.1, -0.05) is 37.1 Å². The maximum Gasteiger partial charge on any atom is 0.162 e. The van der Waals surface area contributed by atoms with Crippen molar-refractivity contribution >= 4 is 5.78 Å². The van der Waals surface area contributed by atoms with Crippen LogP contribution in [-0.2, 0) is 19.5 Å². The van der Waals surface area contributed by atoms with Crippen molar-refractivity contribution < 1.29 is 53.2 Å². The Morgan fingerprint density at radius 3 is 2.60 bits per heavy atom. The normalized spacial score (nSPS) is 17.6. The van der Waals surface area contributed by atoms with Gasteiger partial charge in [0.25, 0.3) is 0 Å². The molecule has 0 saturated carbocycles. The van der Waals surface area contributed by atoms with Gasteiger partial charge in [0.15, 0.2) is 5.78 Å². The summed E-state index contributed by atoms with van der Waals surface area (Å²) in [7, 11) is 0. The van der Waals surface area contributed by atoms with Crippen LogP contribution in [-0.4, -0.2) is 30.3 Å². The fourth-order valence-electron chi connectivity index (χ4n) is 4.56. The minimum atomic E-state index is -0.194. The number of ketones is 1. The molecule has 30 heavy (non-hydrogen) atoms. The average molecular weight is 621 g/mol.